The maximum atomic E-state index is 6.17. The highest BCUT2D eigenvalue weighted by Crippen LogP contribution is 2.29. The molecule has 2 heterocycles. The van der Waals surface area contributed by atoms with Gasteiger partial charge in [0.2, 0.25) is 11.9 Å². The third kappa shape index (κ3) is 9.02. The van der Waals surface area contributed by atoms with Gasteiger partial charge in [-0.2, -0.15) is 9.98 Å². The van der Waals surface area contributed by atoms with Crippen LogP contribution in [0.25, 0.3) is 0 Å². The van der Waals surface area contributed by atoms with E-state index < -0.39 is 0 Å². The summed E-state index contributed by atoms with van der Waals surface area (Å²) in [6.07, 6.45) is 14.2. The molecule has 3 aliphatic rings. The van der Waals surface area contributed by atoms with Crippen LogP contribution < -0.4 is 22.9 Å². The molecular weight excluding hydrogens is 428 g/mol. The van der Waals surface area contributed by atoms with E-state index in [1.54, 1.807) is 0 Å². The maximum Gasteiger partial charge on any atom is 0.218 e. The Kier molecular flexibility index (Phi) is 10.8. The molecular formula is C24H46N10. The highest BCUT2D eigenvalue weighted by atomic mass is 15.3. The molecule has 3 fully saturated rings. The molecule has 0 bridgehead atoms. The molecule has 0 amide bonds. The highest BCUT2D eigenvalue weighted by molar-refractivity contribution is 5.93. The Bertz CT molecular complexity index is 668. The highest BCUT2D eigenvalue weighted by Gasteiger charge is 2.22. The minimum atomic E-state index is 0.282. The van der Waals surface area contributed by atoms with Gasteiger partial charge in [0, 0.05) is 39.3 Å². The lowest BCUT2D eigenvalue weighted by Gasteiger charge is -2.27. The molecule has 0 aromatic carbocycles. The van der Waals surface area contributed by atoms with Crippen molar-refractivity contribution >= 4 is 23.8 Å². The fraction of sp³-hybridized carbons (Fsp3) is 0.833. The first-order valence-electron chi connectivity index (χ1n) is 13.3. The van der Waals surface area contributed by atoms with E-state index in [4.69, 9.17) is 22.9 Å². The zero-order valence-electron chi connectivity index (χ0n) is 20.9. The summed E-state index contributed by atoms with van der Waals surface area (Å²) in [4.78, 5) is 22.0. The normalized spacial score (nSPS) is 26.8. The van der Waals surface area contributed by atoms with Crippen molar-refractivity contribution in [2.24, 2.45) is 54.7 Å². The Morgan fingerprint density at radius 1 is 0.559 bits per heavy atom. The summed E-state index contributed by atoms with van der Waals surface area (Å²) in [6, 6.07) is 0. The van der Waals surface area contributed by atoms with Crippen molar-refractivity contribution in [1.82, 2.24) is 9.80 Å². The Labute approximate surface area is 205 Å². The van der Waals surface area contributed by atoms with Crippen LogP contribution in [0, 0.1) is 11.8 Å². The summed E-state index contributed by atoms with van der Waals surface area (Å²) >= 11 is 0. The lowest BCUT2D eigenvalue weighted by molar-refractivity contribution is 0.278. The number of likely N-dealkylation sites (tertiary alicyclic amines) is 2. The smallest absolute Gasteiger partial charge is 0.218 e. The van der Waals surface area contributed by atoms with Gasteiger partial charge in [-0.1, -0.05) is 32.1 Å². The van der Waals surface area contributed by atoms with Gasteiger partial charge in [-0.25, -0.2) is 0 Å². The average molecular weight is 475 g/mol. The second-order valence-corrected chi connectivity index (χ2v) is 10.0. The van der Waals surface area contributed by atoms with E-state index in [-0.39, 0.29) is 11.9 Å². The van der Waals surface area contributed by atoms with Gasteiger partial charge >= 0.3 is 0 Å². The zero-order valence-corrected chi connectivity index (χ0v) is 20.9. The first-order chi connectivity index (χ1) is 16.5. The van der Waals surface area contributed by atoms with Crippen molar-refractivity contribution in [2.45, 2.75) is 77.0 Å². The molecule has 8 N–H and O–H groups in total. The van der Waals surface area contributed by atoms with Gasteiger partial charge in [-0.05, 0) is 56.8 Å². The van der Waals surface area contributed by atoms with Crippen LogP contribution in [0.2, 0.25) is 0 Å². The number of guanidine groups is 4. The Balaban J connectivity index is 1.45. The Morgan fingerprint density at radius 2 is 0.941 bits per heavy atom. The van der Waals surface area contributed by atoms with Gasteiger partial charge < -0.3 is 32.7 Å². The predicted molar refractivity (Wildman–Crippen MR) is 142 cm³/mol. The molecule has 0 aromatic rings. The van der Waals surface area contributed by atoms with Crippen LogP contribution in [-0.2, 0) is 0 Å². The molecule has 2 aliphatic heterocycles. The molecule has 0 radical (unpaired) electrons. The van der Waals surface area contributed by atoms with Crippen LogP contribution in [0.1, 0.15) is 77.0 Å². The number of aliphatic imine (C=N–C) groups is 4. The summed E-state index contributed by atoms with van der Waals surface area (Å²) < 4.78 is 0. The standard InChI is InChI=1S/C24H46N10/c25-21(31-23(27)33-12-5-1-2-6-13-33)29-17-19-10-9-11-20(16-19)18-30-22(26)32-24(28)34-14-7-3-4-8-15-34/h19-20H,1-18H2,(H4,25,27,29,31)(H4,26,28,30,32). The number of nitrogens with zero attached hydrogens (tertiary/aromatic N) is 6. The molecule has 10 nitrogen and oxygen atoms in total. The summed E-state index contributed by atoms with van der Waals surface area (Å²) in [5.41, 5.74) is 24.5. The summed E-state index contributed by atoms with van der Waals surface area (Å²) in [6.45, 7) is 5.15. The Hall–Kier alpha value is -2.52. The minimum absolute atomic E-state index is 0.282. The van der Waals surface area contributed by atoms with Crippen LogP contribution in [0.5, 0.6) is 0 Å². The van der Waals surface area contributed by atoms with Crippen LogP contribution in [0.3, 0.4) is 0 Å². The van der Waals surface area contributed by atoms with Crippen molar-refractivity contribution in [3.05, 3.63) is 0 Å². The molecule has 0 aromatic heterocycles. The molecule has 34 heavy (non-hydrogen) atoms. The topological polar surface area (TPSA) is 160 Å². The largest absolute Gasteiger partial charge is 0.369 e. The molecule has 3 rings (SSSR count). The van der Waals surface area contributed by atoms with E-state index in [1.807, 2.05) is 0 Å². The number of nitrogens with two attached hydrogens (primary N) is 4. The molecule has 192 valence electrons. The van der Waals surface area contributed by atoms with Crippen LogP contribution >= 0.6 is 0 Å². The fourth-order valence-electron chi connectivity index (χ4n) is 5.23. The lowest BCUT2D eigenvalue weighted by atomic mass is 9.81. The van der Waals surface area contributed by atoms with E-state index in [0.29, 0.717) is 36.8 Å². The summed E-state index contributed by atoms with van der Waals surface area (Å²) in [5, 5.41) is 0. The molecule has 2 atom stereocenters. The zero-order chi connectivity index (χ0) is 24.2. The first kappa shape index (κ1) is 26.1. The molecule has 2 saturated heterocycles. The van der Waals surface area contributed by atoms with Gasteiger partial charge in [0.05, 0.1) is 0 Å². The quantitative estimate of drug-likeness (QED) is 0.359. The summed E-state index contributed by atoms with van der Waals surface area (Å²) in [7, 11) is 0. The van der Waals surface area contributed by atoms with Crippen molar-refractivity contribution in [3.8, 4) is 0 Å². The number of rotatable bonds is 4. The van der Waals surface area contributed by atoms with Crippen molar-refractivity contribution in [3.63, 3.8) is 0 Å². The second-order valence-electron chi connectivity index (χ2n) is 10.0. The third-order valence-corrected chi connectivity index (χ3v) is 7.23. The molecule has 10 heteroatoms. The van der Waals surface area contributed by atoms with E-state index in [0.717, 1.165) is 71.1 Å². The van der Waals surface area contributed by atoms with Gasteiger partial charge in [0.1, 0.15) is 0 Å². The SMILES string of the molecule is NC(=NCC1CCCC(CN=C(N)/N=C(\N)N2CCCCCC2)C1)/N=C(\N)N1CCCCCC1. The van der Waals surface area contributed by atoms with Crippen LogP contribution in [0.4, 0.5) is 0 Å². The third-order valence-electron chi connectivity index (χ3n) is 7.23. The summed E-state index contributed by atoms with van der Waals surface area (Å²) in [5.74, 6) is 2.51. The second kappa shape index (κ2) is 14.0. The maximum absolute atomic E-state index is 6.17. The van der Waals surface area contributed by atoms with Crippen molar-refractivity contribution in [1.29, 1.82) is 0 Å². The van der Waals surface area contributed by atoms with E-state index in [2.05, 4.69) is 29.8 Å². The minimum Gasteiger partial charge on any atom is -0.369 e. The molecule has 1 saturated carbocycles. The monoisotopic (exact) mass is 474 g/mol. The number of hydrogen-bond acceptors (Lipinski definition) is 2. The molecule has 2 unspecified atom stereocenters. The van der Waals surface area contributed by atoms with Crippen molar-refractivity contribution in [2.75, 3.05) is 39.3 Å². The van der Waals surface area contributed by atoms with E-state index >= 15 is 0 Å². The Morgan fingerprint density at radius 3 is 1.32 bits per heavy atom. The van der Waals surface area contributed by atoms with Crippen molar-refractivity contribution < 1.29 is 0 Å². The fourth-order valence-corrected chi connectivity index (χ4v) is 5.23. The van der Waals surface area contributed by atoms with Crippen LogP contribution in [0.15, 0.2) is 20.0 Å². The van der Waals surface area contributed by atoms with Gasteiger partial charge in [0.15, 0.2) is 11.9 Å². The first-order valence-corrected chi connectivity index (χ1v) is 13.3. The molecule has 0 spiro atoms. The van der Waals surface area contributed by atoms with E-state index in [9.17, 15) is 0 Å². The van der Waals surface area contributed by atoms with Gasteiger partial charge in [0.25, 0.3) is 0 Å². The average Bonchev–Trinajstić information content (AvgIpc) is 3.27. The van der Waals surface area contributed by atoms with Gasteiger partial charge in [-0.15, -0.1) is 0 Å². The van der Waals surface area contributed by atoms with Gasteiger partial charge in [-0.3, -0.25) is 9.98 Å². The lowest BCUT2D eigenvalue weighted by Crippen LogP contribution is -2.39. The molecule has 1 aliphatic carbocycles. The van der Waals surface area contributed by atoms with Crippen LogP contribution in [-0.4, -0.2) is 72.9 Å². The van der Waals surface area contributed by atoms with E-state index in [1.165, 1.54) is 32.1 Å². The predicted octanol–water partition coefficient (Wildman–Crippen LogP) is 1.80. The number of hydrogen-bond donors (Lipinski definition) is 4.